The third kappa shape index (κ3) is 3.35. The summed E-state index contributed by atoms with van der Waals surface area (Å²) in [6, 6.07) is 15.5. The van der Waals surface area contributed by atoms with Crippen LogP contribution in [0.1, 0.15) is 12.5 Å². The standard InChI is InChI=1S/C19H21N3O2/c1-3-24-18-11-14(9-10-17(18)23)12-20-19-21-13-16(22(19)2)15-7-5-4-6-8-15/h4-11,13,23H,3,12H2,1-2H3,(H,20,21). The number of phenolic OH excluding ortho intramolecular Hbond substituents is 1. The van der Waals surface area contributed by atoms with Crippen LogP contribution in [-0.2, 0) is 13.6 Å². The first-order valence-electron chi connectivity index (χ1n) is 7.94. The topological polar surface area (TPSA) is 59.3 Å². The third-order valence-electron chi connectivity index (χ3n) is 3.83. The van der Waals surface area contributed by atoms with Crippen molar-refractivity contribution < 1.29 is 9.84 Å². The molecule has 0 aliphatic rings. The SMILES string of the molecule is CCOc1cc(CNc2ncc(-c3ccccc3)n2C)ccc1O. The maximum absolute atomic E-state index is 9.76. The lowest BCUT2D eigenvalue weighted by atomic mass is 10.2. The van der Waals surface area contributed by atoms with E-state index in [9.17, 15) is 5.11 Å². The number of anilines is 1. The van der Waals surface area contributed by atoms with E-state index in [-0.39, 0.29) is 5.75 Å². The molecule has 0 bridgehead atoms. The molecule has 0 aliphatic heterocycles. The van der Waals surface area contributed by atoms with E-state index in [1.54, 1.807) is 6.07 Å². The van der Waals surface area contributed by atoms with E-state index >= 15 is 0 Å². The summed E-state index contributed by atoms with van der Waals surface area (Å²) < 4.78 is 7.44. The first-order chi connectivity index (χ1) is 11.7. The fourth-order valence-corrected chi connectivity index (χ4v) is 2.57. The molecule has 0 spiro atoms. The van der Waals surface area contributed by atoms with Gasteiger partial charge in [-0.15, -0.1) is 0 Å². The predicted molar refractivity (Wildman–Crippen MR) is 95.2 cm³/mol. The number of hydrogen-bond donors (Lipinski definition) is 2. The van der Waals surface area contributed by atoms with Crippen molar-refractivity contribution >= 4 is 5.95 Å². The molecule has 3 aromatic rings. The highest BCUT2D eigenvalue weighted by Crippen LogP contribution is 2.27. The average Bonchev–Trinajstić information content (AvgIpc) is 2.97. The van der Waals surface area contributed by atoms with E-state index in [1.165, 1.54) is 0 Å². The van der Waals surface area contributed by atoms with Crippen LogP contribution in [0.4, 0.5) is 5.95 Å². The normalized spacial score (nSPS) is 10.6. The Hall–Kier alpha value is -2.95. The molecule has 0 fully saturated rings. The number of nitrogens with zero attached hydrogens (tertiary/aromatic N) is 2. The summed E-state index contributed by atoms with van der Waals surface area (Å²) in [4.78, 5) is 4.45. The molecule has 2 N–H and O–H groups in total. The van der Waals surface area contributed by atoms with Crippen LogP contribution in [0.3, 0.4) is 0 Å². The maximum atomic E-state index is 9.76. The minimum atomic E-state index is 0.156. The van der Waals surface area contributed by atoms with Crippen molar-refractivity contribution in [2.75, 3.05) is 11.9 Å². The molecule has 0 atom stereocenters. The van der Waals surface area contributed by atoms with Crippen molar-refractivity contribution in [3.63, 3.8) is 0 Å². The Bertz CT molecular complexity index is 813. The fourth-order valence-electron chi connectivity index (χ4n) is 2.57. The zero-order chi connectivity index (χ0) is 16.9. The first-order valence-corrected chi connectivity index (χ1v) is 7.94. The second-order valence-electron chi connectivity index (χ2n) is 5.48. The van der Waals surface area contributed by atoms with E-state index in [0.717, 1.165) is 22.8 Å². The van der Waals surface area contributed by atoms with E-state index in [4.69, 9.17) is 4.74 Å². The third-order valence-corrected chi connectivity index (χ3v) is 3.83. The molecule has 0 saturated carbocycles. The van der Waals surface area contributed by atoms with Gasteiger partial charge in [-0.25, -0.2) is 4.98 Å². The molecule has 0 saturated heterocycles. The largest absolute Gasteiger partial charge is 0.504 e. The van der Waals surface area contributed by atoms with E-state index in [2.05, 4.69) is 22.4 Å². The Kier molecular flexibility index (Phi) is 4.70. The molecule has 0 radical (unpaired) electrons. The van der Waals surface area contributed by atoms with Gasteiger partial charge in [0.2, 0.25) is 5.95 Å². The highest BCUT2D eigenvalue weighted by atomic mass is 16.5. The van der Waals surface area contributed by atoms with Crippen LogP contribution < -0.4 is 10.1 Å². The van der Waals surface area contributed by atoms with Gasteiger partial charge in [0.1, 0.15) is 0 Å². The number of aromatic hydroxyl groups is 1. The van der Waals surface area contributed by atoms with Gasteiger partial charge >= 0.3 is 0 Å². The van der Waals surface area contributed by atoms with Crippen molar-refractivity contribution in [3.05, 3.63) is 60.3 Å². The second kappa shape index (κ2) is 7.08. The monoisotopic (exact) mass is 323 g/mol. The molecule has 2 aromatic carbocycles. The summed E-state index contributed by atoms with van der Waals surface area (Å²) in [7, 11) is 1.99. The van der Waals surface area contributed by atoms with Crippen molar-refractivity contribution in [1.82, 2.24) is 9.55 Å². The summed E-state index contributed by atoms with van der Waals surface area (Å²) in [6.07, 6.45) is 1.86. The van der Waals surface area contributed by atoms with Gasteiger partial charge in [0, 0.05) is 13.6 Å². The number of nitrogens with one attached hydrogen (secondary N) is 1. The molecule has 24 heavy (non-hydrogen) atoms. The van der Waals surface area contributed by atoms with Crippen LogP contribution >= 0.6 is 0 Å². The molecule has 5 nitrogen and oxygen atoms in total. The number of rotatable bonds is 6. The van der Waals surface area contributed by atoms with Crippen molar-refractivity contribution in [3.8, 4) is 22.8 Å². The predicted octanol–water partition coefficient (Wildman–Crippen LogP) is 3.80. The smallest absolute Gasteiger partial charge is 0.203 e. The van der Waals surface area contributed by atoms with Crippen molar-refractivity contribution in [2.45, 2.75) is 13.5 Å². The molecular formula is C19H21N3O2. The molecule has 0 aliphatic carbocycles. The van der Waals surface area contributed by atoms with Crippen LogP contribution in [0.2, 0.25) is 0 Å². The quantitative estimate of drug-likeness (QED) is 0.724. The van der Waals surface area contributed by atoms with Crippen LogP contribution in [0, 0.1) is 0 Å². The minimum absolute atomic E-state index is 0.156. The van der Waals surface area contributed by atoms with Crippen LogP contribution in [-0.4, -0.2) is 21.3 Å². The molecule has 124 valence electrons. The zero-order valence-electron chi connectivity index (χ0n) is 13.9. The summed E-state index contributed by atoms with van der Waals surface area (Å²) in [5.74, 6) is 1.45. The molecule has 3 rings (SSSR count). The second-order valence-corrected chi connectivity index (χ2v) is 5.48. The van der Waals surface area contributed by atoms with Gasteiger partial charge in [0.15, 0.2) is 11.5 Å². The maximum Gasteiger partial charge on any atom is 0.203 e. The van der Waals surface area contributed by atoms with Gasteiger partial charge in [0.05, 0.1) is 18.5 Å². The number of imidazole rings is 1. The molecule has 0 amide bonds. The molecule has 5 heteroatoms. The number of ether oxygens (including phenoxy) is 1. The first kappa shape index (κ1) is 15.9. The molecular weight excluding hydrogens is 302 g/mol. The van der Waals surface area contributed by atoms with Gasteiger partial charge in [0.25, 0.3) is 0 Å². The average molecular weight is 323 g/mol. The lowest BCUT2D eigenvalue weighted by Gasteiger charge is -2.11. The van der Waals surface area contributed by atoms with Gasteiger partial charge in [-0.2, -0.15) is 0 Å². The number of hydrogen-bond acceptors (Lipinski definition) is 4. The Labute approximate surface area is 141 Å². The lowest BCUT2D eigenvalue weighted by Crippen LogP contribution is -2.06. The van der Waals surface area contributed by atoms with Crippen LogP contribution in [0.5, 0.6) is 11.5 Å². The zero-order valence-corrected chi connectivity index (χ0v) is 13.9. The van der Waals surface area contributed by atoms with Gasteiger partial charge in [-0.05, 0) is 30.2 Å². The molecule has 1 heterocycles. The fraction of sp³-hybridized carbons (Fsp3) is 0.211. The number of phenols is 1. The highest BCUT2D eigenvalue weighted by molar-refractivity contribution is 5.61. The Morgan fingerprint density at radius 2 is 1.96 bits per heavy atom. The van der Waals surface area contributed by atoms with Crippen LogP contribution in [0.25, 0.3) is 11.3 Å². The Morgan fingerprint density at radius 3 is 2.71 bits per heavy atom. The van der Waals surface area contributed by atoms with Gasteiger partial charge in [-0.1, -0.05) is 36.4 Å². The lowest BCUT2D eigenvalue weighted by molar-refractivity contribution is 0.318. The number of benzene rings is 2. The summed E-state index contributed by atoms with van der Waals surface area (Å²) in [5, 5.41) is 13.1. The van der Waals surface area contributed by atoms with E-state index in [0.29, 0.717) is 18.9 Å². The Balaban J connectivity index is 1.74. The van der Waals surface area contributed by atoms with Gasteiger partial charge < -0.3 is 19.7 Å². The van der Waals surface area contributed by atoms with E-state index in [1.807, 2.05) is 55.1 Å². The van der Waals surface area contributed by atoms with E-state index < -0.39 is 0 Å². The van der Waals surface area contributed by atoms with Gasteiger partial charge in [-0.3, -0.25) is 0 Å². The minimum Gasteiger partial charge on any atom is -0.504 e. The summed E-state index contributed by atoms with van der Waals surface area (Å²) in [6.45, 7) is 3.01. The molecule has 1 aromatic heterocycles. The Morgan fingerprint density at radius 1 is 1.17 bits per heavy atom. The summed E-state index contributed by atoms with van der Waals surface area (Å²) >= 11 is 0. The summed E-state index contributed by atoms with van der Waals surface area (Å²) in [5.41, 5.74) is 3.20. The highest BCUT2D eigenvalue weighted by Gasteiger charge is 2.09. The van der Waals surface area contributed by atoms with Crippen molar-refractivity contribution in [2.24, 2.45) is 7.05 Å². The van der Waals surface area contributed by atoms with Crippen LogP contribution in [0.15, 0.2) is 54.7 Å². The number of aromatic nitrogens is 2. The molecule has 0 unspecified atom stereocenters. The van der Waals surface area contributed by atoms with Crippen molar-refractivity contribution in [1.29, 1.82) is 0 Å².